The lowest BCUT2D eigenvalue weighted by Gasteiger charge is -1.97. The van der Waals surface area contributed by atoms with Crippen molar-refractivity contribution in [3.63, 3.8) is 0 Å². The summed E-state index contributed by atoms with van der Waals surface area (Å²) in [6, 6.07) is 0. The molecule has 0 rings (SSSR count). The third-order valence-electron chi connectivity index (χ3n) is 0.840. The molecule has 0 spiro atoms. The van der Waals surface area contributed by atoms with Crippen LogP contribution in [-0.4, -0.2) is 38.6 Å². The average molecular weight is 195 g/mol. The van der Waals surface area contributed by atoms with Crippen LogP contribution in [0.3, 0.4) is 0 Å². The van der Waals surface area contributed by atoms with Gasteiger partial charge in [0.1, 0.15) is 6.29 Å². The van der Waals surface area contributed by atoms with Crippen LogP contribution < -0.4 is 17.2 Å². The van der Waals surface area contributed by atoms with Crippen molar-refractivity contribution in [1.82, 2.24) is 0 Å². The van der Waals surface area contributed by atoms with Crippen molar-refractivity contribution in [3.05, 3.63) is 0 Å². The summed E-state index contributed by atoms with van der Waals surface area (Å²) in [6.07, 6.45) is 1.25. The average Bonchev–Trinajstić information content (AvgIpc) is 2.27. The van der Waals surface area contributed by atoms with E-state index in [9.17, 15) is 4.79 Å². The van der Waals surface area contributed by atoms with Gasteiger partial charge in [0, 0.05) is 6.42 Å². The van der Waals surface area contributed by atoms with Crippen molar-refractivity contribution in [2.45, 2.75) is 25.9 Å². The molecule has 0 amide bonds. The minimum atomic E-state index is -0.419. The molecular weight excluding hydrogens is 170 g/mol. The number of nitrogens with two attached hydrogens (primary N) is 3. The lowest BCUT2D eigenvalue weighted by atomic mass is 10.2. The largest absolute Gasteiger partial charge is 0.393 e. The van der Waals surface area contributed by atoms with Gasteiger partial charge in [-0.15, -0.1) is 0 Å². The summed E-state index contributed by atoms with van der Waals surface area (Å²) < 4.78 is 0. The van der Waals surface area contributed by atoms with Gasteiger partial charge in [-0.05, 0) is 27.6 Å². The third-order valence-corrected chi connectivity index (χ3v) is 0.840. The summed E-state index contributed by atoms with van der Waals surface area (Å²) in [5.74, 6) is 0. The summed E-state index contributed by atoms with van der Waals surface area (Å²) in [7, 11) is 4.50. The monoisotopic (exact) mass is 195 g/mol. The molecule has 0 aliphatic carbocycles. The first-order valence-corrected chi connectivity index (χ1v) is 4.16. The van der Waals surface area contributed by atoms with E-state index in [2.05, 4.69) is 17.2 Å². The molecule has 0 aliphatic rings. The maximum absolute atomic E-state index is 9.61. The summed E-state index contributed by atoms with van der Waals surface area (Å²) >= 11 is 0. The summed E-state index contributed by atoms with van der Waals surface area (Å²) in [5, 5.41) is 8.63. The number of rotatable bonds is 3. The van der Waals surface area contributed by atoms with Gasteiger partial charge in [-0.2, -0.15) is 0 Å². The highest BCUT2D eigenvalue weighted by Gasteiger charge is 1.95. The van der Waals surface area contributed by atoms with Crippen LogP contribution in [0.1, 0.15) is 19.8 Å². The predicted octanol–water partition coefficient (Wildman–Crippen LogP) is -0.929. The Kier molecular flexibility index (Phi) is 73.7. The molecule has 0 aromatic carbocycles. The zero-order valence-electron chi connectivity index (χ0n) is 9.16. The minimum Gasteiger partial charge on any atom is -0.393 e. The molecule has 0 bridgehead atoms. The van der Waals surface area contributed by atoms with Gasteiger partial charge in [-0.25, -0.2) is 0 Å². The Morgan fingerprint density at radius 3 is 1.54 bits per heavy atom. The molecule has 0 aromatic rings. The Morgan fingerprint density at radius 2 is 1.46 bits per heavy atom. The van der Waals surface area contributed by atoms with E-state index < -0.39 is 6.10 Å². The lowest BCUT2D eigenvalue weighted by Crippen LogP contribution is -2.03. The Bertz CT molecular complexity index is 63.4. The number of aliphatic hydroxyl groups excluding tert-OH is 1. The molecule has 0 saturated heterocycles. The quantitative estimate of drug-likeness (QED) is 0.434. The molecule has 13 heavy (non-hydrogen) atoms. The van der Waals surface area contributed by atoms with Crippen molar-refractivity contribution in [2.75, 3.05) is 21.1 Å². The molecule has 5 nitrogen and oxygen atoms in total. The first-order valence-electron chi connectivity index (χ1n) is 4.16. The fourth-order valence-corrected chi connectivity index (χ4v) is 0.278. The number of aliphatic hydroxyl groups is 1. The first kappa shape index (κ1) is 22.9. The molecule has 0 heterocycles. The Labute approximate surface area is 81.3 Å². The summed E-state index contributed by atoms with van der Waals surface area (Å²) in [5.41, 5.74) is 13.5. The Morgan fingerprint density at radius 1 is 1.15 bits per heavy atom. The van der Waals surface area contributed by atoms with Gasteiger partial charge in [0.25, 0.3) is 0 Å². The van der Waals surface area contributed by atoms with Crippen LogP contribution in [0, 0.1) is 0 Å². The first-order chi connectivity index (χ1) is 6.31. The van der Waals surface area contributed by atoms with Crippen LogP contribution >= 0.6 is 0 Å². The second kappa shape index (κ2) is 41.9. The highest BCUT2D eigenvalue weighted by Crippen LogP contribution is 1.90. The topological polar surface area (TPSA) is 115 Å². The zero-order chi connectivity index (χ0) is 11.7. The van der Waals surface area contributed by atoms with E-state index in [-0.39, 0.29) is 6.42 Å². The van der Waals surface area contributed by atoms with E-state index in [1.807, 2.05) is 6.92 Å². The molecule has 0 aromatic heterocycles. The lowest BCUT2D eigenvalue weighted by molar-refractivity contribution is -0.109. The molecule has 5 heteroatoms. The number of hydrogen-bond acceptors (Lipinski definition) is 5. The van der Waals surface area contributed by atoms with Gasteiger partial charge < -0.3 is 27.1 Å². The number of aldehydes is 1. The number of hydrogen-bond donors (Lipinski definition) is 4. The molecule has 1 atom stereocenters. The maximum Gasteiger partial charge on any atom is 0.122 e. The van der Waals surface area contributed by atoms with E-state index in [0.29, 0.717) is 6.42 Å². The van der Waals surface area contributed by atoms with Gasteiger partial charge in [-0.1, -0.05) is 6.92 Å². The zero-order valence-corrected chi connectivity index (χ0v) is 9.16. The molecule has 1 unspecified atom stereocenters. The molecular formula is C8H25N3O2. The fourth-order valence-electron chi connectivity index (χ4n) is 0.278. The van der Waals surface area contributed by atoms with E-state index in [1.165, 1.54) is 21.1 Å². The molecule has 84 valence electrons. The van der Waals surface area contributed by atoms with E-state index in [0.717, 1.165) is 6.29 Å². The Balaban J connectivity index is -0.0000000573. The number of carbonyl (C=O) groups is 1. The van der Waals surface area contributed by atoms with E-state index in [4.69, 9.17) is 5.11 Å². The van der Waals surface area contributed by atoms with Crippen molar-refractivity contribution < 1.29 is 9.90 Å². The van der Waals surface area contributed by atoms with E-state index in [1.54, 1.807) is 0 Å². The van der Waals surface area contributed by atoms with Gasteiger partial charge in [0.2, 0.25) is 0 Å². The molecule has 0 saturated carbocycles. The van der Waals surface area contributed by atoms with Crippen LogP contribution in [0.15, 0.2) is 0 Å². The van der Waals surface area contributed by atoms with Gasteiger partial charge in [-0.3, -0.25) is 0 Å². The van der Waals surface area contributed by atoms with Crippen LogP contribution in [0.5, 0.6) is 0 Å². The van der Waals surface area contributed by atoms with E-state index >= 15 is 0 Å². The van der Waals surface area contributed by atoms with Crippen LogP contribution in [0.2, 0.25) is 0 Å². The van der Waals surface area contributed by atoms with Crippen molar-refractivity contribution in [1.29, 1.82) is 0 Å². The summed E-state index contributed by atoms with van der Waals surface area (Å²) in [4.78, 5) is 9.61. The fraction of sp³-hybridized carbons (Fsp3) is 0.875. The molecule has 7 N–H and O–H groups in total. The van der Waals surface area contributed by atoms with Crippen LogP contribution in [-0.2, 0) is 4.79 Å². The highest BCUT2D eigenvalue weighted by molar-refractivity contribution is 5.49. The molecule has 0 radical (unpaired) electrons. The SMILES string of the molecule is CCC(O)CC=O.CN.CN.CN. The molecule has 0 fully saturated rings. The molecule has 0 aliphatic heterocycles. The van der Waals surface area contributed by atoms with Gasteiger partial charge >= 0.3 is 0 Å². The number of carbonyl (C=O) groups excluding carboxylic acids is 1. The van der Waals surface area contributed by atoms with Crippen LogP contribution in [0.4, 0.5) is 0 Å². The second-order valence-electron chi connectivity index (χ2n) is 1.46. The van der Waals surface area contributed by atoms with Crippen molar-refractivity contribution in [2.24, 2.45) is 17.2 Å². The Hall–Kier alpha value is -0.490. The predicted molar refractivity (Wildman–Crippen MR) is 57.3 cm³/mol. The second-order valence-corrected chi connectivity index (χ2v) is 1.46. The minimum absolute atomic E-state index is 0.274. The van der Waals surface area contributed by atoms with Gasteiger partial charge in [0.15, 0.2) is 0 Å². The maximum atomic E-state index is 9.61. The van der Waals surface area contributed by atoms with Crippen molar-refractivity contribution >= 4 is 6.29 Å². The van der Waals surface area contributed by atoms with Crippen molar-refractivity contribution in [3.8, 4) is 0 Å². The normalized spacial score (nSPS) is 8.62. The third kappa shape index (κ3) is 51.2. The van der Waals surface area contributed by atoms with Crippen LogP contribution in [0.25, 0.3) is 0 Å². The summed E-state index contributed by atoms with van der Waals surface area (Å²) in [6.45, 7) is 1.84. The smallest absolute Gasteiger partial charge is 0.122 e. The standard InChI is InChI=1S/C5H10O2.3CH5N/c1-2-5(7)3-4-6;3*1-2/h4-5,7H,2-3H2,1H3;3*2H2,1H3. The highest BCUT2D eigenvalue weighted by atomic mass is 16.3. The van der Waals surface area contributed by atoms with Gasteiger partial charge in [0.05, 0.1) is 6.10 Å².